The van der Waals surface area contributed by atoms with Gasteiger partial charge in [-0.05, 0) is 63.2 Å². The highest BCUT2D eigenvalue weighted by molar-refractivity contribution is 7.11. The van der Waals surface area contributed by atoms with Crippen LogP contribution in [0.1, 0.15) is 34.8 Å². The Morgan fingerprint density at radius 2 is 2.17 bits per heavy atom. The summed E-state index contributed by atoms with van der Waals surface area (Å²) in [4.78, 5) is 13.1. The van der Waals surface area contributed by atoms with E-state index in [-0.39, 0.29) is 0 Å². The second-order valence-corrected chi connectivity index (χ2v) is 8.23. The third kappa shape index (κ3) is 3.73. The summed E-state index contributed by atoms with van der Waals surface area (Å²) in [6, 6.07) is 3.64. The third-order valence-electron chi connectivity index (χ3n) is 4.89. The van der Waals surface area contributed by atoms with E-state index in [9.17, 15) is 0 Å². The van der Waals surface area contributed by atoms with Crippen LogP contribution in [0, 0.1) is 5.92 Å². The van der Waals surface area contributed by atoms with Crippen molar-refractivity contribution in [1.82, 2.24) is 14.9 Å². The molecule has 1 fully saturated rings. The van der Waals surface area contributed by atoms with Crippen molar-refractivity contribution in [1.29, 1.82) is 0 Å². The lowest BCUT2D eigenvalue weighted by Crippen LogP contribution is -2.35. The molecule has 0 saturated carbocycles. The average Bonchev–Trinajstić information content (AvgIpc) is 3.17. The van der Waals surface area contributed by atoms with E-state index in [0.717, 1.165) is 32.5 Å². The van der Waals surface area contributed by atoms with E-state index in [1.807, 2.05) is 23.5 Å². The molecule has 1 saturated heterocycles. The highest BCUT2D eigenvalue weighted by Gasteiger charge is 2.23. The van der Waals surface area contributed by atoms with Gasteiger partial charge in [-0.2, -0.15) is 0 Å². The van der Waals surface area contributed by atoms with Crippen molar-refractivity contribution in [2.24, 2.45) is 5.92 Å². The van der Waals surface area contributed by atoms with E-state index in [4.69, 9.17) is 21.3 Å². The summed E-state index contributed by atoms with van der Waals surface area (Å²) in [5.41, 5.74) is 1.37. The Labute approximate surface area is 151 Å². The maximum Gasteiger partial charge on any atom is 0.232 e. The van der Waals surface area contributed by atoms with Crippen LogP contribution in [0.15, 0.2) is 18.3 Å². The molecule has 1 aliphatic heterocycles. The lowest BCUT2D eigenvalue weighted by Gasteiger charge is -2.31. The van der Waals surface area contributed by atoms with Gasteiger partial charge >= 0.3 is 0 Å². The van der Waals surface area contributed by atoms with Gasteiger partial charge in [0.2, 0.25) is 5.88 Å². The molecular weight excluding hydrogens is 342 g/mol. The number of rotatable bonds is 5. The number of aryl methyl sites for hydroxylation is 2. The number of fused-ring (bicyclic) bond motifs is 1. The average molecular weight is 364 g/mol. The molecule has 2 aromatic heterocycles. The Kier molecular flexibility index (Phi) is 5.01. The molecular formula is C18H22ClN3OS. The summed E-state index contributed by atoms with van der Waals surface area (Å²) < 4.78 is 5.80. The van der Waals surface area contributed by atoms with Crippen LogP contribution < -0.4 is 4.74 Å². The van der Waals surface area contributed by atoms with Gasteiger partial charge in [0.15, 0.2) is 0 Å². The molecule has 4 rings (SSSR count). The Balaban J connectivity index is 1.24. The van der Waals surface area contributed by atoms with Crippen molar-refractivity contribution in [3.63, 3.8) is 0 Å². The fraction of sp³-hybridized carbons (Fsp3) is 0.556. The molecule has 0 spiro atoms. The molecule has 128 valence electrons. The minimum absolute atomic E-state index is 0.555. The van der Waals surface area contributed by atoms with Gasteiger partial charge in [0.25, 0.3) is 0 Å². The maximum absolute atomic E-state index is 6.09. The molecule has 0 radical (unpaired) electrons. The van der Waals surface area contributed by atoms with Crippen molar-refractivity contribution in [3.05, 3.63) is 38.9 Å². The van der Waals surface area contributed by atoms with Crippen molar-refractivity contribution in [2.45, 2.75) is 38.6 Å². The highest BCUT2D eigenvalue weighted by atomic mass is 35.5. The molecule has 0 unspecified atom stereocenters. The Morgan fingerprint density at radius 1 is 1.29 bits per heavy atom. The molecule has 1 aliphatic carbocycles. The standard InChI is InChI=1S/C18H22ClN3OS/c19-14-3-2-8-20-18(14)23-12-13-6-9-22(10-7-13)11-17-21-15-4-1-5-16(15)24-17/h2-3,8,13H,1,4-7,9-12H2. The number of likely N-dealkylation sites (tertiary alicyclic amines) is 1. The van der Waals surface area contributed by atoms with Crippen molar-refractivity contribution >= 4 is 22.9 Å². The largest absolute Gasteiger partial charge is 0.476 e. The second-order valence-electron chi connectivity index (χ2n) is 6.65. The summed E-state index contributed by atoms with van der Waals surface area (Å²) in [6.07, 6.45) is 7.75. The highest BCUT2D eigenvalue weighted by Crippen LogP contribution is 2.29. The van der Waals surface area contributed by atoms with Crippen LogP contribution in [-0.4, -0.2) is 34.6 Å². The number of nitrogens with zero attached hydrogens (tertiary/aromatic N) is 3. The minimum Gasteiger partial charge on any atom is -0.476 e. The summed E-state index contributed by atoms with van der Waals surface area (Å²) >= 11 is 8.01. The molecule has 6 heteroatoms. The topological polar surface area (TPSA) is 38.2 Å². The van der Waals surface area contributed by atoms with Crippen LogP contribution in [0.2, 0.25) is 5.02 Å². The van der Waals surface area contributed by atoms with Gasteiger partial charge in [-0.3, -0.25) is 4.90 Å². The first-order chi connectivity index (χ1) is 11.8. The smallest absolute Gasteiger partial charge is 0.232 e. The van der Waals surface area contributed by atoms with E-state index in [1.165, 1.54) is 34.8 Å². The van der Waals surface area contributed by atoms with Gasteiger partial charge in [-0.15, -0.1) is 11.3 Å². The van der Waals surface area contributed by atoms with Gasteiger partial charge in [0, 0.05) is 11.1 Å². The number of halogens is 1. The maximum atomic E-state index is 6.09. The molecule has 0 bridgehead atoms. The molecule has 0 amide bonds. The molecule has 0 atom stereocenters. The number of hydrogen-bond acceptors (Lipinski definition) is 5. The lowest BCUT2D eigenvalue weighted by atomic mass is 9.98. The summed E-state index contributed by atoms with van der Waals surface area (Å²) in [5.74, 6) is 1.14. The van der Waals surface area contributed by atoms with Crippen LogP contribution >= 0.6 is 22.9 Å². The first-order valence-electron chi connectivity index (χ1n) is 8.71. The predicted octanol–water partition coefficient (Wildman–Crippen LogP) is 3.97. The number of ether oxygens (including phenoxy) is 1. The van der Waals surface area contributed by atoms with Gasteiger partial charge in [-0.25, -0.2) is 9.97 Å². The molecule has 0 aromatic carbocycles. The second kappa shape index (κ2) is 7.38. The summed E-state index contributed by atoms with van der Waals surface area (Å²) in [7, 11) is 0. The zero-order valence-corrected chi connectivity index (χ0v) is 15.3. The molecule has 2 aromatic rings. The van der Waals surface area contributed by atoms with E-state index >= 15 is 0 Å². The Morgan fingerprint density at radius 3 is 2.96 bits per heavy atom. The normalized spacial score (nSPS) is 18.7. The van der Waals surface area contributed by atoms with Crippen molar-refractivity contribution < 1.29 is 4.74 Å². The van der Waals surface area contributed by atoms with Gasteiger partial charge < -0.3 is 4.74 Å². The summed E-state index contributed by atoms with van der Waals surface area (Å²) in [6.45, 7) is 3.95. The van der Waals surface area contributed by atoms with Gasteiger partial charge in [0.05, 0.1) is 18.8 Å². The van der Waals surface area contributed by atoms with Crippen LogP contribution in [0.3, 0.4) is 0 Å². The van der Waals surface area contributed by atoms with Gasteiger partial charge in [-0.1, -0.05) is 11.6 Å². The number of aromatic nitrogens is 2. The molecule has 4 nitrogen and oxygen atoms in total. The number of thiazole rings is 1. The quantitative estimate of drug-likeness (QED) is 0.805. The third-order valence-corrected chi connectivity index (χ3v) is 6.32. The lowest BCUT2D eigenvalue weighted by molar-refractivity contribution is 0.134. The number of piperidine rings is 1. The van der Waals surface area contributed by atoms with E-state index < -0.39 is 0 Å². The summed E-state index contributed by atoms with van der Waals surface area (Å²) in [5, 5.41) is 1.89. The molecule has 3 heterocycles. The number of pyridine rings is 1. The monoisotopic (exact) mass is 363 g/mol. The fourth-order valence-electron chi connectivity index (χ4n) is 3.49. The molecule has 2 aliphatic rings. The minimum atomic E-state index is 0.555. The van der Waals surface area contributed by atoms with Crippen LogP contribution in [0.5, 0.6) is 5.88 Å². The van der Waals surface area contributed by atoms with E-state index in [1.54, 1.807) is 6.20 Å². The molecule has 0 N–H and O–H groups in total. The zero-order chi connectivity index (χ0) is 16.4. The van der Waals surface area contributed by atoms with Gasteiger partial charge in [0.1, 0.15) is 10.0 Å². The van der Waals surface area contributed by atoms with Crippen LogP contribution in [0.25, 0.3) is 0 Å². The Hall–Kier alpha value is -1.17. The first kappa shape index (κ1) is 16.3. The zero-order valence-electron chi connectivity index (χ0n) is 13.7. The number of hydrogen-bond donors (Lipinski definition) is 0. The van der Waals surface area contributed by atoms with E-state index in [2.05, 4.69) is 9.88 Å². The van der Waals surface area contributed by atoms with Crippen LogP contribution in [0.4, 0.5) is 0 Å². The van der Waals surface area contributed by atoms with Crippen molar-refractivity contribution in [3.8, 4) is 5.88 Å². The Bertz CT molecular complexity index is 676. The van der Waals surface area contributed by atoms with E-state index in [0.29, 0.717) is 23.4 Å². The first-order valence-corrected chi connectivity index (χ1v) is 9.90. The van der Waals surface area contributed by atoms with Crippen molar-refractivity contribution in [2.75, 3.05) is 19.7 Å². The predicted molar refractivity (Wildman–Crippen MR) is 96.9 cm³/mol. The van der Waals surface area contributed by atoms with Crippen LogP contribution in [-0.2, 0) is 19.4 Å². The molecule has 24 heavy (non-hydrogen) atoms. The fourth-order valence-corrected chi connectivity index (χ4v) is 4.86. The SMILES string of the molecule is Clc1cccnc1OCC1CCN(Cc2nc3c(s2)CCC3)CC1.